The normalized spacial score (nSPS) is 16.6. The summed E-state index contributed by atoms with van der Waals surface area (Å²) in [5, 5.41) is 3.42. The SMILES string of the molecule is COc1ccc(C(N)CNC2CC2)c(OC)c1. The summed E-state index contributed by atoms with van der Waals surface area (Å²) in [5.41, 5.74) is 7.17. The van der Waals surface area contributed by atoms with Gasteiger partial charge in [0.1, 0.15) is 11.5 Å². The van der Waals surface area contributed by atoms with E-state index in [9.17, 15) is 0 Å². The quantitative estimate of drug-likeness (QED) is 0.785. The lowest BCUT2D eigenvalue weighted by Crippen LogP contribution is -2.28. The summed E-state index contributed by atoms with van der Waals surface area (Å²) in [7, 11) is 3.29. The molecule has 0 spiro atoms. The van der Waals surface area contributed by atoms with Crippen LogP contribution >= 0.6 is 0 Å². The molecular weight excluding hydrogens is 216 g/mol. The van der Waals surface area contributed by atoms with Gasteiger partial charge in [-0.25, -0.2) is 0 Å². The summed E-state index contributed by atoms with van der Waals surface area (Å²) in [6.45, 7) is 0.785. The maximum Gasteiger partial charge on any atom is 0.127 e. The van der Waals surface area contributed by atoms with E-state index in [-0.39, 0.29) is 6.04 Å². The van der Waals surface area contributed by atoms with Gasteiger partial charge < -0.3 is 20.5 Å². The lowest BCUT2D eigenvalue weighted by Gasteiger charge is -2.17. The Hall–Kier alpha value is -1.26. The molecule has 1 aromatic carbocycles. The third-order valence-corrected chi connectivity index (χ3v) is 3.04. The molecule has 1 fully saturated rings. The minimum Gasteiger partial charge on any atom is -0.497 e. The first-order chi connectivity index (χ1) is 8.24. The van der Waals surface area contributed by atoms with Crippen molar-refractivity contribution in [3.8, 4) is 11.5 Å². The van der Waals surface area contributed by atoms with Gasteiger partial charge in [-0.15, -0.1) is 0 Å². The molecule has 1 aromatic rings. The smallest absolute Gasteiger partial charge is 0.127 e. The van der Waals surface area contributed by atoms with Crippen LogP contribution in [0.25, 0.3) is 0 Å². The van der Waals surface area contributed by atoms with E-state index in [1.165, 1.54) is 12.8 Å². The van der Waals surface area contributed by atoms with Gasteiger partial charge in [-0.05, 0) is 18.9 Å². The molecule has 0 aliphatic heterocycles. The molecule has 4 nitrogen and oxygen atoms in total. The summed E-state index contributed by atoms with van der Waals surface area (Å²) in [6.07, 6.45) is 2.54. The molecule has 1 aliphatic carbocycles. The first-order valence-corrected chi connectivity index (χ1v) is 5.95. The van der Waals surface area contributed by atoms with E-state index in [1.54, 1.807) is 14.2 Å². The fourth-order valence-corrected chi connectivity index (χ4v) is 1.82. The Bertz CT molecular complexity index is 378. The number of hydrogen-bond acceptors (Lipinski definition) is 4. The molecule has 1 aliphatic rings. The molecule has 0 saturated heterocycles. The zero-order chi connectivity index (χ0) is 12.3. The van der Waals surface area contributed by atoms with Crippen molar-refractivity contribution in [1.82, 2.24) is 5.32 Å². The van der Waals surface area contributed by atoms with Crippen LogP contribution in [-0.2, 0) is 0 Å². The highest BCUT2D eigenvalue weighted by atomic mass is 16.5. The van der Waals surface area contributed by atoms with Gasteiger partial charge in [0.2, 0.25) is 0 Å². The van der Waals surface area contributed by atoms with E-state index in [2.05, 4.69) is 5.32 Å². The molecule has 0 heterocycles. The van der Waals surface area contributed by atoms with E-state index in [1.807, 2.05) is 18.2 Å². The summed E-state index contributed by atoms with van der Waals surface area (Å²) >= 11 is 0. The van der Waals surface area contributed by atoms with Gasteiger partial charge in [-0.1, -0.05) is 6.07 Å². The van der Waals surface area contributed by atoms with Crippen molar-refractivity contribution in [3.63, 3.8) is 0 Å². The van der Waals surface area contributed by atoms with E-state index in [4.69, 9.17) is 15.2 Å². The number of methoxy groups -OCH3 is 2. The van der Waals surface area contributed by atoms with Crippen molar-refractivity contribution in [3.05, 3.63) is 23.8 Å². The molecule has 94 valence electrons. The third kappa shape index (κ3) is 3.11. The second-order valence-electron chi connectivity index (χ2n) is 4.40. The molecule has 0 amide bonds. The zero-order valence-electron chi connectivity index (χ0n) is 10.4. The van der Waals surface area contributed by atoms with Gasteiger partial charge >= 0.3 is 0 Å². The van der Waals surface area contributed by atoms with Crippen LogP contribution in [0.4, 0.5) is 0 Å². The average Bonchev–Trinajstić information content (AvgIpc) is 3.19. The van der Waals surface area contributed by atoms with Gasteiger partial charge in [0.25, 0.3) is 0 Å². The summed E-state index contributed by atoms with van der Waals surface area (Å²) in [6, 6.07) is 6.37. The van der Waals surface area contributed by atoms with Crippen LogP contribution in [0.1, 0.15) is 24.4 Å². The Morgan fingerprint density at radius 2 is 2.12 bits per heavy atom. The Balaban J connectivity index is 2.06. The van der Waals surface area contributed by atoms with Crippen LogP contribution in [0, 0.1) is 0 Å². The van der Waals surface area contributed by atoms with Gasteiger partial charge in [0, 0.05) is 30.3 Å². The van der Waals surface area contributed by atoms with Crippen LogP contribution in [0.5, 0.6) is 11.5 Å². The van der Waals surface area contributed by atoms with Crippen molar-refractivity contribution in [1.29, 1.82) is 0 Å². The average molecular weight is 236 g/mol. The van der Waals surface area contributed by atoms with Crippen LogP contribution in [0.3, 0.4) is 0 Å². The van der Waals surface area contributed by atoms with Crippen molar-refractivity contribution in [2.45, 2.75) is 24.9 Å². The molecular formula is C13H20N2O2. The zero-order valence-corrected chi connectivity index (χ0v) is 10.4. The maximum absolute atomic E-state index is 6.16. The fraction of sp³-hybridized carbons (Fsp3) is 0.538. The molecule has 17 heavy (non-hydrogen) atoms. The number of ether oxygens (including phenoxy) is 2. The number of benzene rings is 1. The Kier molecular flexibility index (Phi) is 3.86. The Labute approximate surface area is 102 Å². The molecule has 1 atom stereocenters. The monoisotopic (exact) mass is 236 g/mol. The van der Waals surface area contributed by atoms with Crippen molar-refractivity contribution in [2.75, 3.05) is 20.8 Å². The lowest BCUT2D eigenvalue weighted by molar-refractivity contribution is 0.387. The van der Waals surface area contributed by atoms with Gasteiger partial charge in [0.15, 0.2) is 0 Å². The van der Waals surface area contributed by atoms with Crippen LogP contribution in [-0.4, -0.2) is 26.8 Å². The number of nitrogens with one attached hydrogen (secondary N) is 1. The van der Waals surface area contributed by atoms with Crippen molar-refractivity contribution < 1.29 is 9.47 Å². The molecule has 4 heteroatoms. The van der Waals surface area contributed by atoms with Crippen LogP contribution in [0.2, 0.25) is 0 Å². The summed E-state index contributed by atoms with van der Waals surface area (Å²) < 4.78 is 10.5. The topological polar surface area (TPSA) is 56.5 Å². The van der Waals surface area contributed by atoms with Crippen molar-refractivity contribution in [2.24, 2.45) is 5.73 Å². The molecule has 3 N–H and O–H groups in total. The van der Waals surface area contributed by atoms with E-state index >= 15 is 0 Å². The maximum atomic E-state index is 6.16. The molecule has 0 bridgehead atoms. The van der Waals surface area contributed by atoms with Crippen LogP contribution in [0.15, 0.2) is 18.2 Å². The Morgan fingerprint density at radius 1 is 1.35 bits per heavy atom. The van der Waals surface area contributed by atoms with E-state index < -0.39 is 0 Å². The van der Waals surface area contributed by atoms with E-state index in [0.29, 0.717) is 6.04 Å². The molecule has 1 saturated carbocycles. The molecule has 0 aromatic heterocycles. The first-order valence-electron chi connectivity index (χ1n) is 5.95. The highest BCUT2D eigenvalue weighted by Crippen LogP contribution is 2.28. The molecule has 1 unspecified atom stereocenters. The minimum absolute atomic E-state index is 0.0449. The summed E-state index contributed by atoms with van der Waals surface area (Å²) in [5.74, 6) is 1.57. The van der Waals surface area contributed by atoms with Gasteiger partial charge in [-0.2, -0.15) is 0 Å². The Morgan fingerprint density at radius 3 is 2.71 bits per heavy atom. The highest BCUT2D eigenvalue weighted by molar-refractivity contribution is 5.42. The number of nitrogens with two attached hydrogens (primary N) is 1. The second kappa shape index (κ2) is 5.38. The predicted molar refractivity (Wildman–Crippen MR) is 67.5 cm³/mol. The second-order valence-corrected chi connectivity index (χ2v) is 4.40. The lowest BCUT2D eigenvalue weighted by atomic mass is 10.1. The first kappa shape index (κ1) is 12.2. The van der Waals surface area contributed by atoms with Gasteiger partial charge in [0.05, 0.1) is 14.2 Å². The predicted octanol–water partition coefficient (Wildman–Crippen LogP) is 1.46. The number of rotatable bonds is 6. The van der Waals surface area contributed by atoms with Crippen LogP contribution < -0.4 is 20.5 Å². The number of hydrogen-bond donors (Lipinski definition) is 2. The molecule has 0 radical (unpaired) electrons. The largest absolute Gasteiger partial charge is 0.497 e. The minimum atomic E-state index is -0.0449. The third-order valence-electron chi connectivity index (χ3n) is 3.04. The highest BCUT2D eigenvalue weighted by Gasteiger charge is 2.22. The fourth-order valence-electron chi connectivity index (χ4n) is 1.82. The van der Waals surface area contributed by atoms with Gasteiger partial charge in [-0.3, -0.25) is 0 Å². The standard InChI is InChI=1S/C13H20N2O2/c1-16-10-5-6-11(13(7-10)17-2)12(14)8-15-9-3-4-9/h5-7,9,12,15H,3-4,8,14H2,1-2H3. The van der Waals surface area contributed by atoms with E-state index in [0.717, 1.165) is 23.6 Å². The summed E-state index contributed by atoms with van der Waals surface area (Å²) in [4.78, 5) is 0. The molecule has 2 rings (SSSR count). The van der Waals surface area contributed by atoms with Crippen molar-refractivity contribution >= 4 is 0 Å².